The van der Waals surface area contributed by atoms with Crippen molar-refractivity contribution < 1.29 is 0 Å². The van der Waals surface area contributed by atoms with Crippen LogP contribution < -0.4 is 5.73 Å². The molecule has 3 rings (SSSR count). The van der Waals surface area contributed by atoms with E-state index < -0.39 is 0 Å². The number of nitrogens with zero attached hydrogens (tertiary/aromatic N) is 1. The Hall–Kier alpha value is -2.35. The minimum Gasteiger partial charge on any atom is -0.399 e. The van der Waals surface area contributed by atoms with Crippen LogP contribution in [0.5, 0.6) is 0 Å². The molecular formula is C17H16N2. The number of nitrogen functional groups attached to an aromatic ring is 1. The fourth-order valence-corrected chi connectivity index (χ4v) is 2.40. The van der Waals surface area contributed by atoms with Gasteiger partial charge in [-0.05, 0) is 35.9 Å². The number of fused-ring (bicyclic) bond motifs is 1. The summed E-state index contributed by atoms with van der Waals surface area (Å²) in [4.78, 5) is 4.51. The summed E-state index contributed by atoms with van der Waals surface area (Å²) in [7, 11) is 0. The predicted octanol–water partition coefficient (Wildman–Crippen LogP) is 3.60. The molecule has 0 saturated carbocycles. The van der Waals surface area contributed by atoms with Gasteiger partial charge in [0.2, 0.25) is 0 Å². The van der Waals surface area contributed by atoms with Crippen molar-refractivity contribution in [3.63, 3.8) is 0 Å². The lowest BCUT2D eigenvalue weighted by atomic mass is 10.0. The number of benzene rings is 2. The lowest BCUT2D eigenvalue weighted by Crippen LogP contribution is -1.99. The Morgan fingerprint density at radius 1 is 0.842 bits per heavy atom. The van der Waals surface area contributed by atoms with Crippen LogP contribution in [0.25, 0.3) is 10.8 Å². The number of hydrogen-bond acceptors (Lipinski definition) is 2. The first-order valence-corrected chi connectivity index (χ1v) is 6.50. The van der Waals surface area contributed by atoms with Crippen molar-refractivity contribution in [2.45, 2.75) is 12.8 Å². The van der Waals surface area contributed by atoms with Gasteiger partial charge in [0, 0.05) is 23.0 Å². The molecule has 1 aromatic heterocycles. The van der Waals surface area contributed by atoms with E-state index >= 15 is 0 Å². The molecule has 0 aliphatic heterocycles. The summed E-state index contributed by atoms with van der Waals surface area (Å²) in [6.07, 6.45) is 3.72. The van der Waals surface area contributed by atoms with Gasteiger partial charge in [0.15, 0.2) is 0 Å². The normalized spacial score (nSPS) is 10.7. The molecule has 0 aliphatic carbocycles. The molecule has 0 saturated heterocycles. The van der Waals surface area contributed by atoms with Crippen LogP contribution in [0.15, 0.2) is 60.8 Å². The molecule has 0 bridgehead atoms. The van der Waals surface area contributed by atoms with Gasteiger partial charge in [-0.15, -0.1) is 0 Å². The maximum absolute atomic E-state index is 5.98. The van der Waals surface area contributed by atoms with Crippen LogP contribution in [-0.4, -0.2) is 4.98 Å². The molecule has 0 unspecified atom stereocenters. The minimum absolute atomic E-state index is 0.864. The Bertz CT molecular complexity index is 699. The summed E-state index contributed by atoms with van der Waals surface area (Å²) in [5.41, 5.74) is 9.17. The summed E-state index contributed by atoms with van der Waals surface area (Å²) in [5.74, 6) is 0. The van der Waals surface area contributed by atoms with Crippen molar-refractivity contribution in [2.24, 2.45) is 0 Å². The van der Waals surface area contributed by atoms with Gasteiger partial charge in [-0.2, -0.15) is 0 Å². The topological polar surface area (TPSA) is 38.9 Å². The quantitative estimate of drug-likeness (QED) is 0.719. The average Bonchev–Trinajstić information content (AvgIpc) is 2.46. The molecule has 2 nitrogen and oxygen atoms in total. The van der Waals surface area contributed by atoms with Crippen molar-refractivity contribution in [1.29, 1.82) is 0 Å². The molecule has 0 spiro atoms. The second-order valence-electron chi connectivity index (χ2n) is 4.68. The van der Waals surface area contributed by atoms with E-state index in [0.717, 1.165) is 24.2 Å². The second kappa shape index (κ2) is 5.11. The minimum atomic E-state index is 0.864. The van der Waals surface area contributed by atoms with Gasteiger partial charge >= 0.3 is 0 Å². The maximum atomic E-state index is 5.98. The van der Waals surface area contributed by atoms with E-state index in [4.69, 9.17) is 5.73 Å². The zero-order chi connectivity index (χ0) is 13.1. The smallest absolute Gasteiger partial charge is 0.0485 e. The summed E-state index contributed by atoms with van der Waals surface area (Å²) in [6.45, 7) is 0. The van der Waals surface area contributed by atoms with Crippen LogP contribution in [0.4, 0.5) is 5.69 Å². The molecule has 2 N–H and O–H groups in total. The van der Waals surface area contributed by atoms with Gasteiger partial charge < -0.3 is 5.73 Å². The number of pyridine rings is 1. The number of para-hydroxylation sites is 1. The Kier molecular flexibility index (Phi) is 3.15. The Morgan fingerprint density at radius 2 is 1.63 bits per heavy atom. The number of aromatic nitrogens is 1. The molecule has 94 valence electrons. The average molecular weight is 248 g/mol. The van der Waals surface area contributed by atoms with Crippen LogP contribution >= 0.6 is 0 Å². The van der Waals surface area contributed by atoms with Crippen molar-refractivity contribution >= 4 is 16.5 Å². The molecule has 0 fully saturated rings. The fourth-order valence-electron chi connectivity index (χ4n) is 2.40. The molecule has 19 heavy (non-hydrogen) atoms. The number of rotatable bonds is 3. The highest BCUT2D eigenvalue weighted by atomic mass is 14.7. The Labute approximate surface area is 112 Å². The standard InChI is InChI=1S/C17H16N2/c18-16-8-4-2-6-14(16)9-10-17-15-7-3-1-5-13(15)11-12-19-17/h1-8,11-12H,9-10,18H2. The fraction of sp³-hybridized carbons (Fsp3) is 0.118. The third-order valence-corrected chi connectivity index (χ3v) is 3.44. The highest BCUT2D eigenvalue weighted by Gasteiger charge is 2.04. The summed E-state index contributed by atoms with van der Waals surface area (Å²) < 4.78 is 0. The lowest BCUT2D eigenvalue weighted by molar-refractivity contribution is 0.928. The van der Waals surface area contributed by atoms with E-state index in [1.807, 2.05) is 24.4 Å². The molecule has 2 heteroatoms. The van der Waals surface area contributed by atoms with Crippen LogP contribution in [0.2, 0.25) is 0 Å². The SMILES string of the molecule is Nc1ccccc1CCc1nccc2ccccc12. The maximum Gasteiger partial charge on any atom is 0.0485 e. The number of aryl methyl sites for hydroxylation is 2. The lowest BCUT2D eigenvalue weighted by Gasteiger charge is -2.07. The van der Waals surface area contributed by atoms with Crippen molar-refractivity contribution in [1.82, 2.24) is 4.98 Å². The highest BCUT2D eigenvalue weighted by Crippen LogP contribution is 2.19. The first kappa shape index (κ1) is 11.7. The van der Waals surface area contributed by atoms with Crippen LogP contribution in [0.3, 0.4) is 0 Å². The number of hydrogen-bond donors (Lipinski definition) is 1. The zero-order valence-electron chi connectivity index (χ0n) is 10.7. The van der Waals surface area contributed by atoms with Crippen molar-refractivity contribution in [3.05, 3.63) is 72.1 Å². The van der Waals surface area contributed by atoms with Crippen molar-refractivity contribution in [3.8, 4) is 0 Å². The summed E-state index contributed by atoms with van der Waals surface area (Å²) in [6, 6.07) is 18.5. The van der Waals surface area contributed by atoms with Crippen LogP contribution in [0.1, 0.15) is 11.3 Å². The first-order chi connectivity index (χ1) is 9.34. The molecule has 0 radical (unpaired) electrons. The van der Waals surface area contributed by atoms with Gasteiger partial charge in [0.1, 0.15) is 0 Å². The van der Waals surface area contributed by atoms with E-state index in [-0.39, 0.29) is 0 Å². The van der Waals surface area contributed by atoms with Gasteiger partial charge in [-0.25, -0.2) is 0 Å². The van der Waals surface area contributed by atoms with E-state index in [1.165, 1.54) is 16.3 Å². The largest absolute Gasteiger partial charge is 0.399 e. The molecule has 3 aromatic rings. The summed E-state index contributed by atoms with van der Waals surface area (Å²) in [5, 5.41) is 2.48. The third-order valence-electron chi connectivity index (χ3n) is 3.44. The highest BCUT2D eigenvalue weighted by molar-refractivity contribution is 5.84. The molecule has 2 aromatic carbocycles. The van der Waals surface area contributed by atoms with Crippen LogP contribution in [0, 0.1) is 0 Å². The Balaban J connectivity index is 1.88. The van der Waals surface area contributed by atoms with E-state index in [2.05, 4.69) is 41.4 Å². The van der Waals surface area contributed by atoms with Crippen molar-refractivity contribution in [2.75, 3.05) is 5.73 Å². The number of nitrogens with two attached hydrogens (primary N) is 1. The Morgan fingerprint density at radius 3 is 2.53 bits per heavy atom. The molecule has 0 atom stereocenters. The zero-order valence-corrected chi connectivity index (χ0v) is 10.7. The first-order valence-electron chi connectivity index (χ1n) is 6.50. The monoisotopic (exact) mass is 248 g/mol. The van der Waals surface area contributed by atoms with E-state index in [1.54, 1.807) is 0 Å². The molecule has 1 heterocycles. The van der Waals surface area contributed by atoms with Gasteiger partial charge in [0.05, 0.1) is 0 Å². The van der Waals surface area contributed by atoms with Crippen LogP contribution in [-0.2, 0) is 12.8 Å². The van der Waals surface area contributed by atoms with Gasteiger partial charge in [0.25, 0.3) is 0 Å². The van der Waals surface area contributed by atoms with E-state index in [0.29, 0.717) is 0 Å². The summed E-state index contributed by atoms with van der Waals surface area (Å²) >= 11 is 0. The predicted molar refractivity (Wildman–Crippen MR) is 80.0 cm³/mol. The van der Waals surface area contributed by atoms with E-state index in [9.17, 15) is 0 Å². The van der Waals surface area contributed by atoms with Gasteiger partial charge in [-0.1, -0.05) is 42.5 Å². The molecule has 0 aliphatic rings. The molecular weight excluding hydrogens is 232 g/mol. The number of anilines is 1. The molecule has 0 amide bonds. The third kappa shape index (κ3) is 2.43. The second-order valence-corrected chi connectivity index (χ2v) is 4.68. The van der Waals surface area contributed by atoms with Gasteiger partial charge in [-0.3, -0.25) is 4.98 Å².